The molecule has 5 heterocycles. The monoisotopic (exact) mass is 1850 g/mol. The molecule has 19 nitrogen and oxygen atoms in total. The van der Waals surface area contributed by atoms with Crippen LogP contribution < -0.4 is 44.2 Å². The minimum Gasteiger partial charge on any atom is -0.386 e. The van der Waals surface area contributed by atoms with Gasteiger partial charge < -0.3 is 23.0 Å². The van der Waals surface area contributed by atoms with Gasteiger partial charge in [0.15, 0.2) is 21.7 Å². The lowest BCUT2D eigenvalue weighted by Gasteiger charge is -2.14. The van der Waals surface area contributed by atoms with Gasteiger partial charge in [-0.15, -0.1) is 0 Å². The molecule has 26 rings (SSSR count). The van der Waals surface area contributed by atoms with Crippen LogP contribution in [-0.4, -0.2) is 59.8 Å². The Balaban J connectivity index is 0.000000100. The number of carbonyl (C=O) groups is 6. The van der Waals surface area contributed by atoms with Gasteiger partial charge in [0.2, 0.25) is 0 Å². The summed E-state index contributed by atoms with van der Waals surface area (Å²) in [6.07, 6.45) is 8.82. The Morgan fingerprint density at radius 2 is 0.715 bits per heavy atom. The van der Waals surface area contributed by atoms with E-state index in [0.717, 1.165) is 148 Å². The van der Waals surface area contributed by atoms with Crippen LogP contribution >= 0.6 is 35.1 Å². The summed E-state index contributed by atoms with van der Waals surface area (Å²) in [5.41, 5.74) is 22.4. The zero-order chi connectivity index (χ0) is 94.5. The number of aryl methyl sites for hydroxylation is 4. The van der Waals surface area contributed by atoms with Crippen LogP contribution in [0.3, 0.4) is 0 Å². The minimum absolute atomic E-state index is 0.00214. The Bertz CT molecular complexity index is 9170. The summed E-state index contributed by atoms with van der Waals surface area (Å²) in [4.78, 5) is 171. The van der Waals surface area contributed by atoms with Crippen molar-refractivity contribution >= 4 is 168 Å². The number of furan rings is 2. The van der Waals surface area contributed by atoms with Crippen molar-refractivity contribution < 1.29 is 51.8 Å². The van der Waals surface area contributed by atoms with Gasteiger partial charge in [0.1, 0.15) is 0 Å². The third-order valence-electron chi connectivity index (χ3n) is 26.6. The molecule has 3 aliphatic carbocycles. The summed E-state index contributed by atoms with van der Waals surface area (Å²) in [5.74, 6) is -1.20. The maximum atomic E-state index is 12.7. The van der Waals surface area contributed by atoms with Crippen molar-refractivity contribution in [2.75, 3.05) is 24.0 Å². The van der Waals surface area contributed by atoms with Gasteiger partial charge in [-0.1, -0.05) is 218 Å². The second-order valence-electron chi connectivity index (χ2n) is 34.5. The molecule has 0 saturated carbocycles. The molecule has 3 aliphatic heterocycles. The number of rotatable bonds is 12. The van der Waals surface area contributed by atoms with Gasteiger partial charge in [0.25, 0.3) is 0 Å². The topological polar surface area (TPSA) is 293 Å². The molecule has 0 saturated heterocycles. The Morgan fingerprint density at radius 1 is 0.263 bits per heavy atom. The number of halogens is 1. The molecule has 2 aromatic heterocycles. The number of hydrogen-bond donors (Lipinski definition) is 0. The quantitative estimate of drug-likeness (QED) is 0.0475. The largest absolute Gasteiger partial charge is 0.386 e. The maximum absolute atomic E-state index is 12.7. The highest BCUT2D eigenvalue weighted by Crippen LogP contribution is 2.57. The summed E-state index contributed by atoms with van der Waals surface area (Å²) in [6.45, 7) is 3.98. The molecule has 20 aromatic rings. The van der Waals surface area contributed by atoms with Gasteiger partial charge in [-0.25, -0.2) is 47.9 Å². The van der Waals surface area contributed by atoms with E-state index in [0.29, 0.717) is 49.2 Å². The average Bonchev–Trinajstić information content (AvgIpc) is 1.55. The molecule has 137 heavy (non-hydrogen) atoms. The van der Waals surface area contributed by atoms with Crippen LogP contribution in [0.4, 0.5) is 0 Å². The van der Waals surface area contributed by atoms with Crippen molar-refractivity contribution in [3.8, 4) is 77.9 Å². The van der Waals surface area contributed by atoms with E-state index in [4.69, 9.17) is 25.8 Å². The molecular weight excluding hydrogens is 1780 g/mol. The van der Waals surface area contributed by atoms with E-state index in [9.17, 15) is 67.1 Å². The Hall–Kier alpha value is -16.3. The lowest BCUT2D eigenvalue weighted by molar-refractivity contribution is 0.0426. The van der Waals surface area contributed by atoms with Gasteiger partial charge in [0.05, 0.1) is 54.9 Å². The molecule has 0 spiro atoms. The molecule has 0 unspecified atom stereocenters. The highest BCUT2D eigenvalue weighted by Gasteiger charge is 2.42. The summed E-state index contributed by atoms with van der Waals surface area (Å²) >= 11 is 9.55. The fourth-order valence-electron chi connectivity index (χ4n) is 20.4. The van der Waals surface area contributed by atoms with Gasteiger partial charge >= 0.3 is 58.3 Å². The zero-order valence-electron chi connectivity index (χ0n) is 73.2. The number of esters is 6. The van der Waals surface area contributed by atoms with Crippen LogP contribution in [-0.2, 0) is 46.3 Å². The first-order valence-electron chi connectivity index (χ1n) is 44.1. The fraction of sp³-hybridized carbons (Fsp3) is 0.0957. The molecule has 0 atom stereocenters. The molecule has 0 fully saturated rings. The van der Waals surface area contributed by atoms with Crippen molar-refractivity contribution in [1.82, 2.24) is 0 Å². The van der Waals surface area contributed by atoms with Gasteiger partial charge in [-0.3, -0.25) is 19.2 Å². The Labute approximate surface area is 788 Å². The standard InChI is InChI=1S/C32H20O3.C26H16O3.C24H20O3S2.C17H8O5.C16H5ClO5/c33-31-27-18-23-15-22(14-20-9-5-2-6-10-20)17-26-25-16-21(13-19-7-3-1-4-8-19)11-12-24(25)29(28(23)26)30(27)32(34)35-31;1-2-14-6-5-7-15(12-14)17-11-10-16-13-20-24(26(28)29-25(20)27)23-19-9-4-3-8-18(19)22(17)21(16)23;1-28-10-8-13-4-3-5-15-17-12-18-22(24(26)27-23(18)25)16-7-6-14(9-11-29-2)20(19(13)15)21(16)17;1-7-2-3-8-9(4-7)15(19)11-6-13-12(5-10(11)14(8)18)16(20)22-17(13)21;17-6-1-2-7-8(3-6)14(19)10-5-12-11(4-9(10)13(7)18)15(20)22-16(12)21/h1-12,15-18H,13-14H2;3-13H,2H2,1H3;3-7,12H,8-11H2,1-2H3;2-6H,1H3;1-5H. The summed E-state index contributed by atoms with van der Waals surface area (Å²) < 4.78 is 23.9. The smallest absolute Gasteiger partial charge is 0.347 e. The van der Waals surface area contributed by atoms with Crippen molar-refractivity contribution in [1.29, 1.82) is 0 Å². The van der Waals surface area contributed by atoms with Crippen molar-refractivity contribution in [2.45, 2.75) is 46.0 Å². The van der Waals surface area contributed by atoms with Crippen molar-refractivity contribution in [3.05, 3.63) is 426 Å². The zero-order valence-corrected chi connectivity index (χ0v) is 75.6. The summed E-state index contributed by atoms with van der Waals surface area (Å²) in [5, 5.41) is 7.74. The van der Waals surface area contributed by atoms with E-state index < -0.39 is 69.2 Å². The lowest BCUT2D eigenvalue weighted by Crippen LogP contribution is -2.13. The lowest BCUT2D eigenvalue weighted by atomic mass is 9.90. The van der Waals surface area contributed by atoms with Crippen LogP contribution in [0.1, 0.15) is 114 Å². The maximum Gasteiger partial charge on any atom is 0.347 e. The van der Waals surface area contributed by atoms with Gasteiger partial charge in [-0.2, -0.15) is 23.5 Å². The molecular formula is C115H69ClO19S2. The molecule has 0 bridgehead atoms. The highest BCUT2D eigenvalue weighted by molar-refractivity contribution is 7.98. The van der Waals surface area contributed by atoms with Crippen LogP contribution in [0.2, 0.25) is 5.02 Å². The van der Waals surface area contributed by atoms with E-state index in [-0.39, 0.29) is 64.7 Å². The molecule has 0 N–H and O–H groups in total. The van der Waals surface area contributed by atoms with Crippen LogP contribution in [0.5, 0.6) is 0 Å². The van der Waals surface area contributed by atoms with E-state index in [1.165, 1.54) is 92.5 Å². The third kappa shape index (κ3) is 14.2. The highest BCUT2D eigenvalue weighted by atomic mass is 35.5. The molecule has 0 amide bonds. The number of ether oxygens (including phenoxy) is 3. The molecule has 6 aliphatic rings. The second kappa shape index (κ2) is 33.7. The number of hydrogen-bond acceptors (Lipinski definition) is 21. The first kappa shape index (κ1) is 86.1. The van der Waals surface area contributed by atoms with E-state index in [1.54, 1.807) is 24.3 Å². The molecule has 18 aromatic carbocycles. The van der Waals surface area contributed by atoms with Crippen LogP contribution in [0, 0.1) is 6.92 Å². The first-order valence-corrected chi connectivity index (χ1v) is 47.3. The fourth-order valence-corrected chi connectivity index (χ4v) is 21.4. The number of benzene rings is 18. The molecule has 0 radical (unpaired) electrons. The Morgan fingerprint density at radius 3 is 1.30 bits per heavy atom. The normalized spacial score (nSPS) is 12.9. The van der Waals surface area contributed by atoms with Crippen LogP contribution in [0.15, 0.2) is 308 Å². The SMILES string of the molecule is CCc1cccc(-c2ccc3cc4c(c5c3c2-c2ccccc2-5)C(=O)OC4=O)c1.CSCCc1cccc2c1-c1c(CCSC)ccc3c4c(cc-2c13)C(=O)OC4=O.Cc1ccc2c(=O)c3cc4c(=O)oc(=O)c4cc3c(=O)c2c1.O=C1OC(=O)c2c1cc1cc(Cc3ccccc3)cc3c1c2-c1ccc(Cc2ccccc2)cc1-3.O=c1oc(=O)c2cc3c(=O)c4cc(Cl)ccc4c(=O)c3cc12. The summed E-state index contributed by atoms with van der Waals surface area (Å²) in [7, 11) is 0. The molecule has 22 heteroatoms. The predicted octanol–water partition coefficient (Wildman–Crippen LogP) is 21.7. The first-order chi connectivity index (χ1) is 66.4. The minimum atomic E-state index is -0.819. The van der Waals surface area contributed by atoms with E-state index in [1.807, 2.05) is 97.2 Å². The third-order valence-corrected chi connectivity index (χ3v) is 28.1. The number of cyclic esters (lactones) is 6. The van der Waals surface area contributed by atoms with Gasteiger partial charge in [0, 0.05) is 59.2 Å². The Kier molecular flexibility index (Phi) is 21.2. The van der Waals surface area contributed by atoms with E-state index >= 15 is 0 Å². The van der Waals surface area contributed by atoms with Crippen molar-refractivity contribution in [2.24, 2.45) is 0 Å². The second-order valence-corrected chi connectivity index (χ2v) is 36.9. The number of thioether (sulfide) groups is 2. The summed E-state index contributed by atoms with van der Waals surface area (Å²) in [6, 6.07) is 83.0. The number of fused-ring (bicyclic) bond motifs is 21. The van der Waals surface area contributed by atoms with E-state index in [2.05, 4.69) is 156 Å². The number of carbonyl (C=O) groups excluding carboxylic acids is 6. The van der Waals surface area contributed by atoms with Crippen molar-refractivity contribution in [3.63, 3.8) is 0 Å². The average molecular weight is 1850 g/mol. The molecule has 662 valence electrons. The van der Waals surface area contributed by atoms with Crippen LogP contribution in [0.25, 0.3) is 175 Å². The predicted molar refractivity (Wildman–Crippen MR) is 539 cm³/mol. The van der Waals surface area contributed by atoms with Gasteiger partial charge in [-0.05, 0) is 268 Å².